The zero-order valence-electron chi connectivity index (χ0n) is 9.59. The molecule has 1 amide bonds. The molecular weight excluding hydrogens is 288 g/mol. The number of carbonyl (C=O) groups is 2. The fourth-order valence-corrected chi connectivity index (χ4v) is 3.09. The zero-order valence-corrected chi connectivity index (χ0v) is 11.2. The van der Waals surface area contributed by atoms with E-state index in [0.29, 0.717) is 22.1 Å². The Labute approximate surface area is 117 Å². The van der Waals surface area contributed by atoms with Crippen LogP contribution in [0.4, 0.5) is 5.13 Å². The molecule has 0 spiro atoms. The van der Waals surface area contributed by atoms with Crippen LogP contribution in [0.25, 0.3) is 10.2 Å². The smallest absolute Gasteiger partial charge is 0.307 e. The number of nitrogens with one attached hydrogen (secondary N) is 1. The van der Waals surface area contributed by atoms with E-state index in [-0.39, 0.29) is 5.91 Å². The van der Waals surface area contributed by atoms with E-state index in [1.807, 2.05) is 12.1 Å². The van der Waals surface area contributed by atoms with Gasteiger partial charge in [0.15, 0.2) is 5.13 Å². The van der Waals surface area contributed by atoms with Gasteiger partial charge in [-0.1, -0.05) is 29.0 Å². The molecule has 0 bridgehead atoms. The molecule has 0 aliphatic heterocycles. The normalized spacial score (nSPS) is 21.3. The zero-order chi connectivity index (χ0) is 13.6. The van der Waals surface area contributed by atoms with Crippen molar-refractivity contribution in [2.24, 2.45) is 11.8 Å². The lowest BCUT2D eigenvalue weighted by Crippen LogP contribution is -2.16. The number of amides is 1. The largest absolute Gasteiger partial charge is 0.481 e. The molecule has 1 saturated carbocycles. The van der Waals surface area contributed by atoms with E-state index in [1.54, 1.807) is 6.07 Å². The minimum Gasteiger partial charge on any atom is -0.481 e. The second-order valence-electron chi connectivity index (χ2n) is 4.38. The van der Waals surface area contributed by atoms with Crippen molar-refractivity contribution in [2.75, 3.05) is 5.32 Å². The summed E-state index contributed by atoms with van der Waals surface area (Å²) < 4.78 is 0.883. The Morgan fingerprint density at radius 3 is 2.84 bits per heavy atom. The number of aromatic nitrogens is 1. The summed E-state index contributed by atoms with van der Waals surface area (Å²) >= 11 is 7.32. The predicted molar refractivity (Wildman–Crippen MR) is 72.5 cm³/mol. The van der Waals surface area contributed by atoms with Crippen LogP contribution < -0.4 is 5.32 Å². The van der Waals surface area contributed by atoms with Gasteiger partial charge in [-0.25, -0.2) is 4.98 Å². The van der Waals surface area contributed by atoms with Crippen molar-refractivity contribution >= 4 is 50.2 Å². The number of halogens is 1. The molecule has 19 heavy (non-hydrogen) atoms. The maximum atomic E-state index is 11.8. The Kier molecular flexibility index (Phi) is 2.91. The molecule has 5 nitrogen and oxygen atoms in total. The molecule has 0 saturated heterocycles. The minimum atomic E-state index is -0.924. The number of hydrogen-bond acceptors (Lipinski definition) is 4. The van der Waals surface area contributed by atoms with Gasteiger partial charge in [0.1, 0.15) is 5.52 Å². The molecule has 1 aromatic heterocycles. The number of para-hydroxylation sites is 1. The lowest BCUT2D eigenvalue weighted by atomic mass is 10.3. The van der Waals surface area contributed by atoms with Crippen molar-refractivity contribution in [3.63, 3.8) is 0 Å². The van der Waals surface area contributed by atoms with Gasteiger partial charge in [0.2, 0.25) is 5.91 Å². The number of rotatable bonds is 3. The van der Waals surface area contributed by atoms with Crippen LogP contribution in [0.5, 0.6) is 0 Å². The van der Waals surface area contributed by atoms with Crippen LogP contribution in [0.3, 0.4) is 0 Å². The number of fused-ring (bicyclic) bond motifs is 1. The number of nitrogens with zero attached hydrogens (tertiary/aromatic N) is 1. The number of carboxylic acids is 1. The van der Waals surface area contributed by atoms with Gasteiger partial charge >= 0.3 is 5.97 Å². The Hall–Kier alpha value is -1.66. The van der Waals surface area contributed by atoms with Crippen LogP contribution in [-0.2, 0) is 9.59 Å². The van der Waals surface area contributed by atoms with Crippen molar-refractivity contribution in [1.82, 2.24) is 4.98 Å². The average molecular weight is 297 g/mol. The van der Waals surface area contributed by atoms with E-state index in [9.17, 15) is 9.59 Å². The molecule has 1 fully saturated rings. The fourth-order valence-electron chi connectivity index (χ4n) is 1.92. The first-order chi connectivity index (χ1) is 9.06. The van der Waals surface area contributed by atoms with E-state index in [1.165, 1.54) is 11.3 Å². The summed E-state index contributed by atoms with van der Waals surface area (Å²) in [6.07, 6.45) is 0.396. The highest BCUT2D eigenvalue weighted by atomic mass is 35.5. The van der Waals surface area contributed by atoms with Crippen molar-refractivity contribution in [3.05, 3.63) is 23.2 Å². The summed E-state index contributed by atoms with van der Waals surface area (Å²) in [5, 5.41) is 12.4. The van der Waals surface area contributed by atoms with Crippen molar-refractivity contribution in [2.45, 2.75) is 6.42 Å². The maximum Gasteiger partial charge on any atom is 0.307 e. The molecule has 3 rings (SSSR count). The molecule has 0 radical (unpaired) electrons. The molecule has 2 atom stereocenters. The summed E-state index contributed by atoms with van der Waals surface area (Å²) in [5.74, 6) is -2.21. The number of anilines is 1. The Balaban J connectivity index is 1.77. The van der Waals surface area contributed by atoms with Crippen LogP contribution in [0.2, 0.25) is 5.02 Å². The molecule has 7 heteroatoms. The first kappa shape index (κ1) is 12.4. The third-order valence-electron chi connectivity index (χ3n) is 3.04. The number of aliphatic carboxylic acids is 1. The second kappa shape index (κ2) is 4.47. The topological polar surface area (TPSA) is 79.3 Å². The average Bonchev–Trinajstić information content (AvgIpc) is 3.05. The molecule has 1 aliphatic rings. The Morgan fingerprint density at radius 1 is 1.42 bits per heavy atom. The fraction of sp³-hybridized carbons (Fsp3) is 0.250. The van der Waals surface area contributed by atoms with E-state index in [2.05, 4.69) is 10.3 Å². The van der Waals surface area contributed by atoms with Gasteiger partial charge in [0.05, 0.1) is 21.6 Å². The number of benzene rings is 1. The summed E-state index contributed by atoms with van der Waals surface area (Å²) in [5.41, 5.74) is 0.648. The summed E-state index contributed by atoms with van der Waals surface area (Å²) in [6.45, 7) is 0. The van der Waals surface area contributed by atoms with E-state index in [4.69, 9.17) is 16.7 Å². The SMILES string of the molecule is O=C(O)[C@H]1C[C@H]1C(=O)Nc1nc2c(Cl)cccc2s1. The predicted octanol–water partition coefficient (Wildman–Crippen LogP) is 2.61. The van der Waals surface area contributed by atoms with Gasteiger partial charge in [0.25, 0.3) is 0 Å². The molecular formula is C12H9ClN2O3S. The Morgan fingerprint density at radius 2 is 2.21 bits per heavy atom. The first-order valence-corrected chi connectivity index (χ1v) is 6.84. The van der Waals surface area contributed by atoms with Crippen LogP contribution in [0.1, 0.15) is 6.42 Å². The van der Waals surface area contributed by atoms with Crippen LogP contribution in [0.15, 0.2) is 18.2 Å². The lowest BCUT2D eigenvalue weighted by molar-refractivity contribution is -0.139. The molecule has 0 unspecified atom stereocenters. The maximum absolute atomic E-state index is 11.8. The monoisotopic (exact) mass is 296 g/mol. The van der Waals surface area contributed by atoms with Crippen molar-refractivity contribution < 1.29 is 14.7 Å². The van der Waals surface area contributed by atoms with Gasteiger partial charge in [-0.2, -0.15) is 0 Å². The molecule has 98 valence electrons. The summed E-state index contributed by atoms with van der Waals surface area (Å²) in [6, 6.07) is 5.41. The highest BCUT2D eigenvalue weighted by Gasteiger charge is 2.48. The highest BCUT2D eigenvalue weighted by molar-refractivity contribution is 7.22. The third kappa shape index (κ3) is 2.29. The van der Waals surface area contributed by atoms with Gasteiger partial charge in [-0.05, 0) is 18.6 Å². The highest BCUT2D eigenvalue weighted by Crippen LogP contribution is 2.40. The van der Waals surface area contributed by atoms with Gasteiger partial charge in [-0.15, -0.1) is 0 Å². The number of thiazole rings is 1. The number of carboxylic acid groups (broad SMARTS) is 1. The van der Waals surface area contributed by atoms with E-state index in [0.717, 1.165) is 4.70 Å². The van der Waals surface area contributed by atoms with Crippen LogP contribution in [0, 0.1) is 11.8 Å². The summed E-state index contributed by atoms with van der Waals surface area (Å²) in [7, 11) is 0. The van der Waals surface area contributed by atoms with E-state index >= 15 is 0 Å². The van der Waals surface area contributed by atoms with Crippen molar-refractivity contribution in [3.8, 4) is 0 Å². The molecule has 1 heterocycles. The molecule has 1 aromatic carbocycles. The standard InChI is InChI=1S/C12H9ClN2O3S/c13-7-2-1-3-8-9(7)14-12(19-8)15-10(16)5-4-6(5)11(17)18/h1-3,5-6H,4H2,(H,17,18)(H,14,15,16)/t5-,6+/m1/s1. The Bertz CT molecular complexity index is 685. The minimum absolute atomic E-state index is 0.289. The van der Waals surface area contributed by atoms with Gasteiger partial charge in [0, 0.05) is 0 Å². The van der Waals surface area contributed by atoms with Gasteiger partial charge < -0.3 is 10.4 Å². The van der Waals surface area contributed by atoms with Crippen LogP contribution >= 0.6 is 22.9 Å². The number of carbonyl (C=O) groups excluding carboxylic acids is 1. The quantitative estimate of drug-likeness (QED) is 0.912. The molecule has 1 aliphatic carbocycles. The third-order valence-corrected chi connectivity index (χ3v) is 4.29. The first-order valence-electron chi connectivity index (χ1n) is 5.65. The number of hydrogen-bond donors (Lipinski definition) is 2. The molecule has 2 aromatic rings. The molecule has 2 N–H and O–H groups in total. The van der Waals surface area contributed by atoms with E-state index < -0.39 is 17.8 Å². The van der Waals surface area contributed by atoms with Crippen LogP contribution in [-0.4, -0.2) is 22.0 Å². The lowest BCUT2D eigenvalue weighted by Gasteiger charge is -1.98. The van der Waals surface area contributed by atoms with Crippen molar-refractivity contribution in [1.29, 1.82) is 0 Å². The van der Waals surface area contributed by atoms with Gasteiger partial charge in [-0.3, -0.25) is 9.59 Å². The second-order valence-corrected chi connectivity index (χ2v) is 5.82. The summed E-state index contributed by atoms with van der Waals surface area (Å²) in [4.78, 5) is 26.8.